The lowest BCUT2D eigenvalue weighted by atomic mass is 9.98. The van der Waals surface area contributed by atoms with E-state index in [2.05, 4.69) is 6.08 Å². The van der Waals surface area contributed by atoms with E-state index in [1.807, 2.05) is 6.08 Å². The Bertz CT molecular complexity index is 242. The van der Waals surface area contributed by atoms with Crippen molar-refractivity contribution in [2.24, 2.45) is 0 Å². The molecule has 0 amide bonds. The zero-order valence-electron chi connectivity index (χ0n) is 9.00. The van der Waals surface area contributed by atoms with Gasteiger partial charge >= 0.3 is 0 Å². The molecule has 0 spiro atoms. The first kappa shape index (κ1) is 11.0. The molecule has 1 fully saturated rings. The maximum absolute atomic E-state index is 9.97. The van der Waals surface area contributed by atoms with Gasteiger partial charge in [0, 0.05) is 14.2 Å². The van der Waals surface area contributed by atoms with E-state index in [1.165, 1.54) is 14.2 Å². The number of fused-ring (bicyclic) bond motifs is 2. The number of aliphatic hydroxyl groups is 1. The van der Waals surface area contributed by atoms with Crippen LogP contribution in [0.5, 0.6) is 0 Å². The Labute approximate surface area is 89.2 Å². The Morgan fingerprint density at radius 2 is 2.07 bits per heavy atom. The highest BCUT2D eigenvalue weighted by atomic mass is 16.7. The van der Waals surface area contributed by atoms with Crippen LogP contribution >= 0.6 is 0 Å². The topological polar surface area (TPSA) is 51.2 Å². The summed E-state index contributed by atoms with van der Waals surface area (Å²) in [5, 5.41) is 11.5. The SMILES string of the molecule is COC(OC)C(O)N1OC2C=CC1CC2. The van der Waals surface area contributed by atoms with Crippen LogP contribution in [-0.4, -0.2) is 49.1 Å². The normalized spacial score (nSPS) is 32.5. The van der Waals surface area contributed by atoms with Crippen molar-refractivity contribution >= 4 is 0 Å². The molecule has 1 aliphatic carbocycles. The van der Waals surface area contributed by atoms with Crippen molar-refractivity contribution in [3.05, 3.63) is 12.2 Å². The molecule has 5 nitrogen and oxygen atoms in total. The van der Waals surface area contributed by atoms with Gasteiger partial charge in [0.2, 0.25) is 0 Å². The maximum Gasteiger partial charge on any atom is 0.199 e. The Kier molecular flexibility index (Phi) is 3.38. The Hall–Kier alpha value is -0.460. The van der Waals surface area contributed by atoms with Gasteiger partial charge in [0.25, 0.3) is 0 Å². The molecule has 2 heterocycles. The molecule has 2 bridgehead atoms. The molecule has 86 valence electrons. The molecule has 0 radical (unpaired) electrons. The van der Waals surface area contributed by atoms with Crippen molar-refractivity contribution in [1.29, 1.82) is 0 Å². The quantitative estimate of drug-likeness (QED) is 0.538. The first-order valence-corrected chi connectivity index (χ1v) is 5.13. The fourth-order valence-corrected chi connectivity index (χ4v) is 2.03. The third-order valence-electron chi connectivity index (χ3n) is 2.85. The molecule has 3 atom stereocenters. The molecular weight excluding hydrogens is 198 g/mol. The summed E-state index contributed by atoms with van der Waals surface area (Å²) in [5.41, 5.74) is 0. The highest BCUT2D eigenvalue weighted by Gasteiger charge is 2.38. The lowest BCUT2D eigenvalue weighted by Gasteiger charge is -2.43. The Balaban J connectivity index is 2.02. The highest BCUT2D eigenvalue weighted by molar-refractivity contribution is 5.06. The van der Waals surface area contributed by atoms with Gasteiger partial charge in [-0.3, -0.25) is 4.84 Å². The number of hydroxylamine groups is 2. The second-order valence-electron chi connectivity index (χ2n) is 3.79. The number of hydrogen-bond acceptors (Lipinski definition) is 5. The van der Waals surface area contributed by atoms with Gasteiger partial charge in [-0.15, -0.1) is 5.06 Å². The van der Waals surface area contributed by atoms with Crippen LogP contribution in [0, 0.1) is 0 Å². The molecule has 2 aliphatic heterocycles. The fourth-order valence-electron chi connectivity index (χ4n) is 2.03. The summed E-state index contributed by atoms with van der Waals surface area (Å²) >= 11 is 0. The van der Waals surface area contributed by atoms with Crippen molar-refractivity contribution in [1.82, 2.24) is 5.06 Å². The summed E-state index contributed by atoms with van der Waals surface area (Å²) in [6.45, 7) is 0. The standard InChI is InChI=1S/C10H17NO4/c1-13-10(14-2)9(12)11-7-3-5-8(15-11)6-4-7/h3,5,7-10,12H,4,6H2,1-2H3. The van der Waals surface area contributed by atoms with Crippen molar-refractivity contribution in [3.63, 3.8) is 0 Å². The molecule has 0 saturated carbocycles. The van der Waals surface area contributed by atoms with Gasteiger partial charge in [-0.1, -0.05) is 12.2 Å². The zero-order chi connectivity index (χ0) is 10.8. The largest absolute Gasteiger partial charge is 0.371 e. The smallest absolute Gasteiger partial charge is 0.199 e. The van der Waals surface area contributed by atoms with Crippen LogP contribution in [0.15, 0.2) is 12.2 Å². The van der Waals surface area contributed by atoms with Crippen LogP contribution < -0.4 is 0 Å². The predicted molar refractivity (Wildman–Crippen MR) is 52.7 cm³/mol. The van der Waals surface area contributed by atoms with Crippen LogP contribution in [0.3, 0.4) is 0 Å². The lowest BCUT2D eigenvalue weighted by Crippen LogP contribution is -2.55. The molecule has 0 aromatic heterocycles. The molecule has 0 aromatic rings. The number of rotatable bonds is 4. The van der Waals surface area contributed by atoms with Gasteiger partial charge in [-0.05, 0) is 12.8 Å². The van der Waals surface area contributed by atoms with E-state index in [0.717, 1.165) is 12.8 Å². The number of nitrogens with zero attached hydrogens (tertiary/aromatic N) is 1. The van der Waals surface area contributed by atoms with Gasteiger partial charge in [-0.2, -0.15) is 0 Å². The molecule has 1 saturated heterocycles. The average molecular weight is 215 g/mol. The van der Waals surface area contributed by atoms with Gasteiger partial charge < -0.3 is 14.6 Å². The summed E-state index contributed by atoms with van der Waals surface area (Å²) < 4.78 is 10.0. The number of methoxy groups -OCH3 is 2. The molecule has 5 heteroatoms. The number of aliphatic hydroxyl groups excluding tert-OH is 1. The maximum atomic E-state index is 9.97. The summed E-state index contributed by atoms with van der Waals surface area (Å²) in [6.07, 6.45) is 4.61. The van der Waals surface area contributed by atoms with Crippen LogP contribution in [0.4, 0.5) is 0 Å². The predicted octanol–water partition coefficient (Wildman–Crippen LogP) is 0.258. The van der Waals surface area contributed by atoms with Crippen molar-refractivity contribution < 1.29 is 19.4 Å². The monoisotopic (exact) mass is 215 g/mol. The second-order valence-corrected chi connectivity index (χ2v) is 3.79. The van der Waals surface area contributed by atoms with E-state index in [1.54, 1.807) is 5.06 Å². The molecule has 1 N–H and O–H groups in total. The van der Waals surface area contributed by atoms with Crippen molar-refractivity contribution in [2.75, 3.05) is 14.2 Å². The van der Waals surface area contributed by atoms with E-state index >= 15 is 0 Å². The van der Waals surface area contributed by atoms with E-state index in [4.69, 9.17) is 14.3 Å². The van der Waals surface area contributed by atoms with Crippen LogP contribution in [0.25, 0.3) is 0 Å². The minimum Gasteiger partial charge on any atom is -0.371 e. The molecule has 3 unspecified atom stereocenters. The van der Waals surface area contributed by atoms with Gasteiger partial charge in [0.15, 0.2) is 12.5 Å². The molecule has 15 heavy (non-hydrogen) atoms. The number of hydrogen-bond donors (Lipinski definition) is 1. The van der Waals surface area contributed by atoms with Gasteiger partial charge in [0.1, 0.15) is 0 Å². The average Bonchev–Trinajstić information content (AvgIpc) is 2.32. The minimum absolute atomic E-state index is 0.0824. The third-order valence-corrected chi connectivity index (χ3v) is 2.85. The summed E-state index contributed by atoms with van der Waals surface area (Å²) in [7, 11) is 2.99. The van der Waals surface area contributed by atoms with Crippen molar-refractivity contribution in [3.8, 4) is 0 Å². The van der Waals surface area contributed by atoms with Crippen LogP contribution in [-0.2, 0) is 14.3 Å². The van der Waals surface area contributed by atoms with E-state index in [-0.39, 0.29) is 12.1 Å². The minimum atomic E-state index is -0.891. The van der Waals surface area contributed by atoms with Gasteiger partial charge in [-0.25, -0.2) is 0 Å². The first-order valence-electron chi connectivity index (χ1n) is 5.13. The highest BCUT2D eigenvalue weighted by Crippen LogP contribution is 2.29. The van der Waals surface area contributed by atoms with Crippen molar-refractivity contribution in [2.45, 2.75) is 37.5 Å². The second kappa shape index (κ2) is 4.59. The number of ether oxygens (including phenoxy) is 2. The summed E-state index contributed by atoms with van der Waals surface area (Å²) in [4.78, 5) is 5.57. The van der Waals surface area contributed by atoms with E-state index < -0.39 is 12.5 Å². The molecular formula is C10H17NO4. The molecule has 0 aromatic carbocycles. The summed E-state index contributed by atoms with van der Waals surface area (Å²) in [5.74, 6) is 0. The Morgan fingerprint density at radius 3 is 2.47 bits per heavy atom. The van der Waals surface area contributed by atoms with Gasteiger partial charge in [0.05, 0.1) is 12.1 Å². The van der Waals surface area contributed by atoms with Crippen LogP contribution in [0.2, 0.25) is 0 Å². The molecule has 3 aliphatic rings. The van der Waals surface area contributed by atoms with Crippen LogP contribution in [0.1, 0.15) is 12.8 Å². The molecule has 3 rings (SSSR count). The fraction of sp³-hybridized carbons (Fsp3) is 0.800. The Morgan fingerprint density at radius 1 is 1.33 bits per heavy atom. The van der Waals surface area contributed by atoms with E-state index in [0.29, 0.717) is 0 Å². The summed E-state index contributed by atoms with van der Waals surface area (Å²) in [6, 6.07) is 0.123. The third kappa shape index (κ3) is 2.07. The first-order chi connectivity index (χ1) is 7.26. The van der Waals surface area contributed by atoms with E-state index in [9.17, 15) is 5.11 Å². The lowest BCUT2D eigenvalue weighted by molar-refractivity contribution is -0.341. The zero-order valence-corrected chi connectivity index (χ0v) is 9.00.